The SMILES string of the molecule is CC(=O)NCCC#Cc1c[nH]c(=O)c(N)c1. The molecule has 4 N–H and O–H groups in total. The van der Waals surface area contributed by atoms with Crippen molar-refractivity contribution in [2.24, 2.45) is 0 Å². The summed E-state index contributed by atoms with van der Waals surface area (Å²) in [6.07, 6.45) is 2.06. The van der Waals surface area contributed by atoms with Gasteiger partial charge in [-0.2, -0.15) is 0 Å². The molecule has 1 amide bonds. The molecule has 0 bridgehead atoms. The third kappa shape index (κ3) is 3.88. The van der Waals surface area contributed by atoms with Crippen LogP contribution in [-0.2, 0) is 4.79 Å². The predicted octanol–water partition coefficient (Wildman–Crippen LogP) is -0.165. The molecule has 1 aromatic heterocycles. The summed E-state index contributed by atoms with van der Waals surface area (Å²) in [5.74, 6) is 5.62. The molecule has 0 fully saturated rings. The standard InChI is InChI=1S/C11H13N3O2/c1-8(15)13-5-3-2-4-9-6-10(12)11(16)14-7-9/h6-7H,3,5,12H2,1H3,(H,13,15)(H,14,16). The Bertz CT molecular complexity index is 494. The molecule has 1 rings (SSSR count). The van der Waals surface area contributed by atoms with Crippen LogP contribution in [0.5, 0.6) is 0 Å². The molecule has 84 valence electrons. The zero-order valence-corrected chi connectivity index (χ0v) is 8.96. The normalized spacial score (nSPS) is 9.06. The molecule has 5 nitrogen and oxygen atoms in total. The lowest BCUT2D eigenvalue weighted by Gasteiger charge is -1.95. The van der Waals surface area contributed by atoms with Gasteiger partial charge in [0.1, 0.15) is 0 Å². The lowest BCUT2D eigenvalue weighted by molar-refractivity contribution is -0.118. The first-order valence-electron chi connectivity index (χ1n) is 4.81. The van der Waals surface area contributed by atoms with Crippen LogP contribution in [0.4, 0.5) is 5.69 Å². The number of aromatic amines is 1. The number of amides is 1. The third-order valence-corrected chi connectivity index (χ3v) is 1.79. The zero-order chi connectivity index (χ0) is 12.0. The maximum atomic E-state index is 10.9. The van der Waals surface area contributed by atoms with Crippen molar-refractivity contribution in [1.29, 1.82) is 0 Å². The Hall–Kier alpha value is -2.22. The summed E-state index contributed by atoms with van der Waals surface area (Å²) in [6, 6.07) is 1.52. The molecule has 0 unspecified atom stereocenters. The summed E-state index contributed by atoms with van der Waals surface area (Å²) in [6.45, 7) is 1.97. The van der Waals surface area contributed by atoms with E-state index in [1.54, 1.807) is 0 Å². The summed E-state index contributed by atoms with van der Waals surface area (Å²) in [5.41, 5.74) is 5.91. The Morgan fingerprint density at radius 2 is 2.38 bits per heavy atom. The van der Waals surface area contributed by atoms with Gasteiger partial charge in [-0.25, -0.2) is 0 Å². The highest BCUT2D eigenvalue weighted by atomic mass is 16.1. The molecule has 0 atom stereocenters. The van der Waals surface area contributed by atoms with E-state index in [2.05, 4.69) is 22.1 Å². The van der Waals surface area contributed by atoms with Crippen molar-refractivity contribution in [3.05, 3.63) is 28.2 Å². The molecule has 0 spiro atoms. The van der Waals surface area contributed by atoms with E-state index in [0.717, 1.165) is 0 Å². The summed E-state index contributed by atoms with van der Waals surface area (Å²) in [5, 5.41) is 2.63. The van der Waals surface area contributed by atoms with Gasteiger partial charge in [0.15, 0.2) is 0 Å². The molecule has 1 heterocycles. The van der Waals surface area contributed by atoms with Gasteiger partial charge in [0.25, 0.3) is 5.56 Å². The van der Waals surface area contributed by atoms with Crippen molar-refractivity contribution < 1.29 is 4.79 Å². The minimum Gasteiger partial charge on any atom is -0.394 e. The van der Waals surface area contributed by atoms with E-state index < -0.39 is 0 Å². The molecule has 0 aliphatic rings. The van der Waals surface area contributed by atoms with Crippen molar-refractivity contribution in [2.45, 2.75) is 13.3 Å². The molecule has 16 heavy (non-hydrogen) atoms. The van der Waals surface area contributed by atoms with Gasteiger partial charge in [-0.15, -0.1) is 0 Å². The number of pyridine rings is 1. The van der Waals surface area contributed by atoms with Crippen LogP contribution in [0.15, 0.2) is 17.1 Å². The number of hydrogen-bond donors (Lipinski definition) is 3. The van der Waals surface area contributed by atoms with Crippen LogP contribution in [0.25, 0.3) is 0 Å². The molecule has 0 saturated heterocycles. The molecular weight excluding hydrogens is 206 g/mol. The molecule has 0 aromatic carbocycles. The Labute approximate surface area is 93.1 Å². The largest absolute Gasteiger partial charge is 0.394 e. The van der Waals surface area contributed by atoms with Gasteiger partial charge in [-0.1, -0.05) is 11.8 Å². The van der Waals surface area contributed by atoms with Crippen LogP contribution in [0, 0.1) is 11.8 Å². The number of anilines is 1. The van der Waals surface area contributed by atoms with Crippen molar-refractivity contribution in [3.8, 4) is 11.8 Å². The number of nitrogen functional groups attached to an aromatic ring is 1. The number of nitrogens with one attached hydrogen (secondary N) is 2. The number of H-pyrrole nitrogens is 1. The second-order valence-electron chi connectivity index (χ2n) is 3.21. The Morgan fingerprint density at radius 3 is 3.00 bits per heavy atom. The summed E-state index contributed by atoms with van der Waals surface area (Å²) < 4.78 is 0. The van der Waals surface area contributed by atoms with Gasteiger partial charge < -0.3 is 16.0 Å². The Balaban J connectivity index is 2.53. The van der Waals surface area contributed by atoms with E-state index in [4.69, 9.17) is 5.73 Å². The van der Waals surface area contributed by atoms with Gasteiger partial charge in [0.05, 0.1) is 5.69 Å². The van der Waals surface area contributed by atoms with Gasteiger partial charge in [-0.05, 0) is 6.07 Å². The number of nitrogens with two attached hydrogens (primary N) is 1. The van der Waals surface area contributed by atoms with Crippen molar-refractivity contribution >= 4 is 11.6 Å². The van der Waals surface area contributed by atoms with Crippen LogP contribution in [-0.4, -0.2) is 17.4 Å². The van der Waals surface area contributed by atoms with Crippen LogP contribution in [0.1, 0.15) is 18.9 Å². The number of aromatic nitrogens is 1. The van der Waals surface area contributed by atoms with Crippen molar-refractivity contribution in [1.82, 2.24) is 10.3 Å². The average Bonchev–Trinajstić information content (AvgIpc) is 2.22. The van der Waals surface area contributed by atoms with E-state index in [9.17, 15) is 9.59 Å². The average molecular weight is 219 g/mol. The zero-order valence-electron chi connectivity index (χ0n) is 8.96. The highest BCUT2D eigenvalue weighted by Gasteiger charge is 1.93. The van der Waals surface area contributed by atoms with Gasteiger partial charge in [0, 0.05) is 31.6 Å². The molecule has 0 aliphatic carbocycles. The summed E-state index contributed by atoms with van der Waals surface area (Å²) in [7, 11) is 0. The second-order valence-corrected chi connectivity index (χ2v) is 3.21. The highest BCUT2D eigenvalue weighted by Crippen LogP contribution is 1.96. The second kappa shape index (κ2) is 5.61. The predicted molar refractivity (Wildman–Crippen MR) is 61.7 cm³/mol. The fourth-order valence-corrected chi connectivity index (χ4v) is 1.04. The smallest absolute Gasteiger partial charge is 0.271 e. The van der Waals surface area contributed by atoms with Gasteiger partial charge >= 0.3 is 0 Å². The minimum atomic E-state index is -0.316. The highest BCUT2D eigenvalue weighted by molar-refractivity contribution is 5.72. The van der Waals surface area contributed by atoms with Crippen molar-refractivity contribution in [2.75, 3.05) is 12.3 Å². The maximum absolute atomic E-state index is 10.9. The molecular formula is C11H13N3O2. The van der Waals surface area contributed by atoms with Gasteiger partial charge in [-0.3, -0.25) is 9.59 Å². The first-order chi connectivity index (χ1) is 7.59. The topological polar surface area (TPSA) is 88.0 Å². The summed E-state index contributed by atoms with van der Waals surface area (Å²) >= 11 is 0. The number of rotatable bonds is 2. The van der Waals surface area contributed by atoms with Crippen LogP contribution in [0.3, 0.4) is 0 Å². The molecule has 0 saturated carbocycles. The molecule has 0 aliphatic heterocycles. The van der Waals surface area contributed by atoms with Crippen LogP contribution in [0.2, 0.25) is 0 Å². The molecule has 5 heteroatoms. The quantitative estimate of drug-likeness (QED) is 0.477. The van der Waals surface area contributed by atoms with E-state index >= 15 is 0 Å². The molecule has 1 aromatic rings. The monoisotopic (exact) mass is 219 g/mol. The first-order valence-corrected chi connectivity index (χ1v) is 4.81. The van der Waals surface area contributed by atoms with Gasteiger partial charge in [0.2, 0.25) is 5.91 Å². The fourth-order valence-electron chi connectivity index (χ4n) is 1.04. The van der Waals surface area contributed by atoms with E-state index in [1.165, 1.54) is 19.2 Å². The number of hydrogen-bond acceptors (Lipinski definition) is 3. The van der Waals surface area contributed by atoms with E-state index in [0.29, 0.717) is 18.5 Å². The van der Waals surface area contributed by atoms with E-state index in [1.807, 2.05) is 0 Å². The van der Waals surface area contributed by atoms with Crippen LogP contribution >= 0.6 is 0 Å². The number of carbonyl (C=O) groups excluding carboxylic acids is 1. The lowest BCUT2D eigenvalue weighted by Crippen LogP contribution is -2.20. The Morgan fingerprint density at radius 1 is 1.62 bits per heavy atom. The minimum absolute atomic E-state index is 0.0740. The summed E-state index contributed by atoms with van der Waals surface area (Å²) in [4.78, 5) is 24.0. The third-order valence-electron chi connectivity index (χ3n) is 1.79. The van der Waals surface area contributed by atoms with E-state index in [-0.39, 0.29) is 17.2 Å². The van der Waals surface area contributed by atoms with Crippen molar-refractivity contribution in [3.63, 3.8) is 0 Å². The lowest BCUT2D eigenvalue weighted by atomic mass is 10.2. The molecule has 0 radical (unpaired) electrons. The Kier molecular flexibility index (Phi) is 4.16. The van der Waals surface area contributed by atoms with Crippen LogP contribution < -0.4 is 16.6 Å². The first kappa shape index (κ1) is 11.9. The number of carbonyl (C=O) groups is 1. The fraction of sp³-hybridized carbons (Fsp3) is 0.273. The maximum Gasteiger partial charge on any atom is 0.271 e.